The van der Waals surface area contributed by atoms with Crippen molar-refractivity contribution in [1.29, 1.82) is 0 Å². The molecule has 2 aliphatic carbocycles. The monoisotopic (exact) mass is 94.1 g/mol. The lowest BCUT2D eigenvalue weighted by atomic mass is 10.1. The minimum atomic E-state index is 0.653. The Bertz CT molecular complexity index is 133. The van der Waals surface area contributed by atoms with Crippen molar-refractivity contribution >= 4 is 0 Å². The lowest BCUT2D eigenvalue weighted by Crippen LogP contribution is -1.88. The second kappa shape index (κ2) is 0.795. The number of fused-ring (bicyclic) bond motifs is 1. The second-order valence-electron chi connectivity index (χ2n) is 2.94. The lowest BCUT2D eigenvalue weighted by molar-refractivity contribution is 0.608. The fourth-order valence-corrected chi connectivity index (χ4v) is 1.58. The van der Waals surface area contributed by atoms with Crippen molar-refractivity contribution in [3.05, 3.63) is 11.6 Å². The Hall–Kier alpha value is -0.260. The Morgan fingerprint density at radius 3 is 2.71 bits per heavy atom. The molecule has 1 unspecified atom stereocenters. The molecule has 0 radical (unpaired) electrons. The maximum absolute atomic E-state index is 2.41. The third-order valence-electron chi connectivity index (χ3n) is 2.29. The molecule has 38 valence electrons. The van der Waals surface area contributed by atoms with Crippen LogP contribution in [-0.4, -0.2) is 0 Å². The summed E-state index contributed by atoms with van der Waals surface area (Å²) in [6.07, 6.45) is 6.69. The molecule has 0 N–H and O–H groups in total. The van der Waals surface area contributed by atoms with E-state index in [-0.39, 0.29) is 0 Å². The minimum Gasteiger partial charge on any atom is -0.0745 e. The van der Waals surface area contributed by atoms with Gasteiger partial charge in [-0.1, -0.05) is 18.6 Å². The van der Waals surface area contributed by atoms with Crippen LogP contribution in [0, 0.1) is 5.41 Å². The third-order valence-corrected chi connectivity index (χ3v) is 2.29. The molecule has 1 saturated carbocycles. The molecule has 0 spiro atoms. The van der Waals surface area contributed by atoms with Crippen LogP contribution in [0.25, 0.3) is 0 Å². The van der Waals surface area contributed by atoms with Crippen molar-refractivity contribution in [1.82, 2.24) is 0 Å². The average molecular weight is 94.2 g/mol. The fraction of sp³-hybridized carbons (Fsp3) is 0.714. The highest BCUT2D eigenvalue weighted by Gasteiger charge is 2.42. The van der Waals surface area contributed by atoms with Crippen molar-refractivity contribution in [2.45, 2.75) is 26.2 Å². The number of rotatable bonds is 0. The molecule has 0 heterocycles. The van der Waals surface area contributed by atoms with E-state index in [1.807, 2.05) is 0 Å². The Labute approximate surface area is 44.2 Å². The molecule has 0 aromatic heterocycles. The zero-order valence-electron chi connectivity index (χ0n) is 4.70. The highest BCUT2D eigenvalue weighted by molar-refractivity contribution is 5.40. The molecule has 0 amide bonds. The summed E-state index contributed by atoms with van der Waals surface area (Å²) in [7, 11) is 0. The summed E-state index contributed by atoms with van der Waals surface area (Å²) in [4.78, 5) is 0. The summed E-state index contributed by atoms with van der Waals surface area (Å²) in [6.45, 7) is 2.34. The molecule has 0 saturated heterocycles. The normalized spacial score (nSPS) is 45.6. The quantitative estimate of drug-likeness (QED) is 0.403. The van der Waals surface area contributed by atoms with Crippen LogP contribution in [0.4, 0.5) is 0 Å². The van der Waals surface area contributed by atoms with Crippen LogP contribution < -0.4 is 0 Å². The van der Waals surface area contributed by atoms with Gasteiger partial charge in [0.1, 0.15) is 0 Å². The Morgan fingerprint density at radius 1 is 1.71 bits per heavy atom. The van der Waals surface area contributed by atoms with Gasteiger partial charge >= 0.3 is 0 Å². The predicted octanol–water partition coefficient (Wildman–Crippen LogP) is 2.12. The first-order valence-electron chi connectivity index (χ1n) is 3.03. The highest BCUT2D eigenvalue weighted by atomic mass is 14.5. The van der Waals surface area contributed by atoms with E-state index < -0.39 is 0 Å². The van der Waals surface area contributed by atoms with Gasteiger partial charge in [-0.25, -0.2) is 0 Å². The van der Waals surface area contributed by atoms with Crippen molar-refractivity contribution in [2.75, 3.05) is 0 Å². The van der Waals surface area contributed by atoms with Crippen molar-refractivity contribution in [2.24, 2.45) is 5.41 Å². The van der Waals surface area contributed by atoms with Crippen molar-refractivity contribution in [3.8, 4) is 0 Å². The lowest BCUT2D eigenvalue weighted by Gasteiger charge is -1.98. The Balaban J connectivity index is 2.26. The molecular formula is C7H10. The molecule has 7 heavy (non-hydrogen) atoms. The number of hydrogen-bond acceptors (Lipinski definition) is 0. The van der Waals surface area contributed by atoms with E-state index in [4.69, 9.17) is 0 Å². The first-order valence-corrected chi connectivity index (χ1v) is 3.03. The molecular weight excluding hydrogens is 84.1 g/mol. The fourth-order valence-electron chi connectivity index (χ4n) is 1.58. The van der Waals surface area contributed by atoms with E-state index in [9.17, 15) is 0 Å². The van der Waals surface area contributed by atoms with Gasteiger partial charge in [0, 0.05) is 5.41 Å². The van der Waals surface area contributed by atoms with Crippen LogP contribution in [0.3, 0.4) is 0 Å². The molecule has 2 rings (SSSR count). The van der Waals surface area contributed by atoms with Gasteiger partial charge in [-0.15, -0.1) is 0 Å². The number of allylic oxidation sites excluding steroid dienone is 2. The van der Waals surface area contributed by atoms with Gasteiger partial charge in [-0.2, -0.15) is 0 Å². The van der Waals surface area contributed by atoms with Gasteiger partial charge in [-0.05, 0) is 19.3 Å². The predicted molar refractivity (Wildman–Crippen MR) is 30.0 cm³/mol. The molecule has 0 aromatic rings. The maximum Gasteiger partial charge on any atom is 0.00659 e. The van der Waals surface area contributed by atoms with Gasteiger partial charge in [0.25, 0.3) is 0 Å². The van der Waals surface area contributed by atoms with Crippen LogP contribution in [0.5, 0.6) is 0 Å². The van der Waals surface area contributed by atoms with Crippen LogP contribution in [0.15, 0.2) is 11.6 Å². The van der Waals surface area contributed by atoms with Crippen LogP contribution in [0.1, 0.15) is 26.2 Å². The summed E-state index contributed by atoms with van der Waals surface area (Å²) >= 11 is 0. The zero-order valence-corrected chi connectivity index (χ0v) is 4.70. The van der Waals surface area contributed by atoms with E-state index in [0.717, 1.165) is 0 Å². The molecule has 2 aliphatic rings. The van der Waals surface area contributed by atoms with Gasteiger partial charge in [0.2, 0.25) is 0 Å². The standard InChI is InChI=1S/C7H10/c1-7-4-2-3-6(7)5-7/h5H,2-4H2,1H3. The van der Waals surface area contributed by atoms with Crippen molar-refractivity contribution < 1.29 is 0 Å². The molecule has 0 aliphatic heterocycles. The second-order valence-corrected chi connectivity index (χ2v) is 2.94. The average Bonchev–Trinajstić information content (AvgIpc) is 2.09. The smallest absolute Gasteiger partial charge is 0.00659 e. The van der Waals surface area contributed by atoms with E-state index in [1.54, 1.807) is 5.57 Å². The summed E-state index contributed by atoms with van der Waals surface area (Å²) in [5.41, 5.74) is 2.38. The van der Waals surface area contributed by atoms with Crippen LogP contribution >= 0.6 is 0 Å². The molecule has 0 bridgehead atoms. The summed E-state index contributed by atoms with van der Waals surface area (Å²) < 4.78 is 0. The van der Waals surface area contributed by atoms with E-state index in [1.165, 1.54) is 19.3 Å². The molecule has 0 heteroatoms. The maximum atomic E-state index is 2.41. The Kier molecular flexibility index (Phi) is 0.421. The molecule has 1 atom stereocenters. The summed E-state index contributed by atoms with van der Waals surface area (Å²) in [5, 5.41) is 0. The summed E-state index contributed by atoms with van der Waals surface area (Å²) in [5.74, 6) is 0. The van der Waals surface area contributed by atoms with Crippen molar-refractivity contribution in [3.63, 3.8) is 0 Å². The van der Waals surface area contributed by atoms with Gasteiger partial charge in [0.15, 0.2) is 0 Å². The third kappa shape index (κ3) is 0.324. The molecule has 0 nitrogen and oxygen atoms in total. The minimum absolute atomic E-state index is 0.653. The van der Waals surface area contributed by atoms with Gasteiger partial charge in [-0.3, -0.25) is 0 Å². The van der Waals surface area contributed by atoms with Crippen LogP contribution in [-0.2, 0) is 0 Å². The molecule has 0 aromatic carbocycles. The highest BCUT2D eigenvalue weighted by Crippen LogP contribution is 2.55. The first kappa shape index (κ1) is 3.71. The first-order chi connectivity index (χ1) is 3.31. The van der Waals surface area contributed by atoms with E-state index in [2.05, 4.69) is 13.0 Å². The Morgan fingerprint density at radius 2 is 2.57 bits per heavy atom. The largest absolute Gasteiger partial charge is 0.0745 e. The SMILES string of the molecule is CC12C=C1CCC2. The van der Waals surface area contributed by atoms with Gasteiger partial charge in [0.05, 0.1) is 0 Å². The zero-order chi connectivity index (χ0) is 4.91. The topological polar surface area (TPSA) is 0 Å². The summed E-state index contributed by atoms with van der Waals surface area (Å²) in [6, 6.07) is 0. The van der Waals surface area contributed by atoms with E-state index >= 15 is 0 Å². The van der Waals surface area contributed by atoms with Crippen LogP contribution in [0.2, 0.25) is 0 Å². The molecule has 1 fully saturated rings. The van der Waals surface area contributed by atoms with E-state index in [0.29, 0.717) is 5.41 Å². The van der Waals surface area contributed by atoms with Gasteiger partial charge < -0.3 is 0 Å². The number of hydrogen-bond donors (Lipinski definition) is 0.